The molecule has 1 atom stereocenters. The quantitative estimate of drug-likeness (QED) is 0.0261. The van der Waals surface area contributed by atoms with E-state index in [0.29, 0.717) is 19.3 Å². The summed E-state index contributed by atoms with van der Waals surface area (Å²) < 4.78 is 16.9. The zero-order valence-electron chi connectivity index (χ0n) is 54.0. The van der Waals surface area contributed by atoms with Gasteiger partial charge in [0.2, 0.25) is 0 Å². The van der Waals surface area contributed by atoms with Crippen LogP contribution in [0.2, 0.25) is 0 Å². The van der Waals surface area contributed by atoms with Crippen LogP contribution in [0.15, 0.2) is 109 Å². The smallest absolute Gasteiger partial charge is 0.306 e. The van der Waals surface area contributed by atoms with E-state index >= 15 is 0 Å². The number of esters is 3. The minimum Gasteiger partial charge on any atom is -0.462 e. The molecule has 0 N–H and O–H groups in total. The molecule has 0 bridgehead atoms. The third kappa shape index (κ3) is 66.9. The van der Waals surface area contributed by atoms with Crippen LogP contribution in [-0.2, 0) is 28.6 Å². The maximum Gasteiger partial charge on any atom is 0.306 e. The second-order valence-electron chi connectivity index (χ2n) is 23.1. The van der Waals surface area contributed by atoms with Crippen molar-refractivity contribution in [3.05, 3.63) is 109 Å². The Morgan fingerprint density at radius 1 is 0.256 bits per heavy atom. The maximum atomic E-state index is 12.9. The largest absolute Gasteiger partial charge is 0.462 e. The highest BCUT2D eigenvalue weighted by molar-refractivity contribution is 5.71. The molecule has 0 amide bonds. The Morgan fingerprint density at radius 2 is 0.500 bits per heavy atom. The van der Waals surface area contributed by atoms with Gasteiger partial charge in [0.15, 0.2) is 6.10 Å². The fourth-order valence-electron chi connectivity index (χ4n) is 9.78. The molecule has 0 aromatic rings. The van der Waals surface area contributed by atoms with Crippen LogP contribution >= 0.6 is 0 Å². The van der Waals surface area contributed by atoms with Gasteiger partial charge in [-0.25, -0.2) is 0 Å². The van der Waals surface area contributed by atoms with Crippen LogP contribution < -0.4 is 0 Å². The SMILES string of the molecule is CC/C=C\C/C=C\C/C=C\C/C=C\C/C=C\CCCCCCCCCCCCCCCCCCCCCC(=O)OCC(COC(=O)CCCCCCC/C=C\CCC)OC(=O)CCCCCCCC/C=C\C/C=C\C/C=C\CCCCC. The van der Waals surface area contributed by atoms with E-state index in [1.165, 1.54) is 167 Å². The number of hydrogen-bond donors (Lipinski definition) is 0. The van der Waals surface area contributed by atoms with Crippen LogP contribution in [0.5, 0.6) is 0 Å². The van der Waals surface area contributed by atoms with Gasteiger partial charge in [-0.2, -0.15) is 0 Å². The Morgan fingerprint density at radius 3 is 0.805 bits per heavy atom. The topological polar surface area (TPSA) is 78.9 Å². The van der Waals surface area contributed by atoms with Crippen molar-refractivity contribution in [1.29, 1.82) is 0 Å². The molecule has 470 valence electrons. The Bertz CT molecular complexity index is 1640. The van der Waals surface area contributed by atoms with Gasteiger partial charge >= 0.3 is 17.9 Å². The highest BCUT2D eigenvalue weighted by atomic mass is 16.6. The highest BCUT2D eigenvalue weighted by Crippen LogP contribution is 2.17. The van der Waals surface area contributed by atoms with E-state index < -0.39 is 6.10 Å². The molecule has 6 nitrogen and oxygen atoms in total. The number of carbonyl (C=O) groups is 3. The Hall–Kier alpha value is -3.93. The summed E-state index contributed by atoms with van der Waals surface area (Å²) in [7, 11) is 0. The van der Waals surface area contributed by atoms with Crippen molar-refractivity contribution in [2.45, 2.75) is 341 Å². The van der Waals surface area contributed by atoms with Crippen molar-refractivity contribution in [1.82, 2.24) is 0 Å². The van der Waals surface area contributed by atoms with Crippen molar-refractivity contribution in [3.8, 4) is 0 Å². The molecule has 0 aliphatic carbocycles. The van der Waals surface area contributed by atoms with E-state index in [2.05, 4.69) is 130 Å². The van der Waals surface area contributed by atoms with E-state index in [4.69, 9.17) is 14.2 Å². The first-order valence-electron chi connectivity index (χ1n) is 34.9. The molecular weight excluding hydrogens is 1010 g/mol. The highest BCUT2D eigenvalue weighted by Gasteiger charge is 2.19. The Labute approximate surface area is 508 Å². The number of ether oxygens (including phenoxy) is 3. The van der Waals surface area contributed by atoms with E-state index in [-0.39, 0.29) is 31.1 Å². The summed E-state index contributed by atoms with van der Waals surface area (Å²) in [5.41, 5.74) is 0. The predicted octanol–water partition coefficient (Wildman–Crippen LogP) is 24.2. The number of unbranched alkanes of at least 4 members (excludes halogenated alkanes) is 34. The fourth-order valence-corrected chi connectivity index (χ4v) is 9.78. The lowest BCUT2D eigenvalue weighted by molar-refractivity contribution is -0.167. The zero-order chi connectivity index (χ0) is 59.2. The average molecular weight is 1140 g/mol. The summed E-state index contributed by atoms with van der Waals surface area (Å²) in [5.74, 6) is -0.895. The van der Waals surface area contributed by atoms with Gasteiger partial charge in [-0.1, -0.05) is 304 Å². The normalized spacial score (nSPS) is 12.8. The summed E-state index contributed by atoms with van der Waals surface area (Å²) >= 11 is 0. The third-order valence-corrected chi connectivity index (χ3v) is 15.0. The molecule has 0 fully saturated rings. The average Bonchev–Trinajstić information content (AvgIpc) is 3.48. The van der Waals surface area contributed by atoms with Crippen molar-refractivity contribution in [2.24, 2.45) is 0 Å². The van der Waals surface area contributed by atoms with Gasteiger partial charge < -0.3 is 14.2 Å². The van der Waals surface area contributed by atoms with Crippen molar-refractivity contribution in [2.75, 3.05) is 13.2 Å². The molecule has 0 aliphatic rings. The fraction of sp³-hybridized carbons (Fsp3) is 0.724. The first-order chi connectivity index (χ1) is 40.5. The molecular formula is C76H130O6. The number of hydrogen-bond acceptors (Lipinski definition) is 6. The monoisotopic (exact) mass is 1140 g/mol. The summed E-state index contributed by atoms with van der Waals surface area (Å²) in [5, 5.41) is 0. The molecule has 1 unspecified atom stereocenters. The molecule has 0 aromatic heterocycles. The summed E-state index contributed by atoms with van der Waals surface area (Å²) in [6, 6.07) is 0. The summed E-state index contributed by atoms with van der Waals surface area (Å²) in [6.45, 7) is 6.45. The number of rotatable bonds is 63. The van der Waals surface area contributed by atoms with Crippen LogP contribution in [0.4, 0.5) is 0 Å². The Kier molecular flexibility index (Phi) is 66.2. The molecule has 0 heterocycles. The Balaban J connectivity index is 4.11. The molecule has 0 spiro atoms. The summed E-state index contributed by atoms with van der Waals surface area (Å²) in [6.07, 6.45) is 95.6. The van der Waals surface area contributed by atoms with Crippen molar-refractivity contribution >= 4 is 17.9 Å². The second kappa shape index (κ2) is 69.6. The lowest BCUT2D eigenvalue weighted by atomic mass is 10.0. The van der Waals surface area contributed by atoms with Gasteiger partial charge in [-0.05, 0) is 122 Å². The molecule has 0 aliphatic heterocycles. The van der Waals surface area contributed by atoms with Gasteiger partial charge in [0.1, 0.15) is 13.2 Å². The zero-order valence-corrected chi connectivity index (χ0v) is 54.0. The lowest BCUT2D eigenvalue weighted by Gasteiger charge is -2.18. The molecule has 0 radical (unpaired) electrons. The van der Waals surface area contributed by atoms with Gasteiger partial charge in [0, 0.05) is 19.3 Å². The van der Waals surface area contributed by atoms with Crippen molar-refractivity contribution < 1.29 is 28.6 Å². The standard InChI is InChI=1S/C76H130O6/c1-4-7-10-13-16-19-22-24-26-28-30-31-32-33-34-35-36-37-38-39-40-41-42-43-44-45-47-48-50-52-54-57-60-63-66-69-75(78)81-72-73(71-80-74(77)68-65-62-59-56-21-18-15-12-9-6-3)82-76(79)70-67-64-61-58-55-53-51-49-46-29-27-25-23-20-17-14-11-8-5-2/h7,10,12,15-17,19-20,24-27,30-31,33-34,46,49,73H,4-6,8-9,11,13-14,18,21-23,28-29,32,35-45,47-48,50-72H2,1-3H3/b10-7-,15-12-,19-16-,20-17-,26-24-,27-25-,31-30-,34-33-,49-46-. The third-order valence-electron chi connectivity index (χ3n) is 15.0. The van der Waals surface area contributed by atoms with E-state index in [9.17, 15) is 14.4 Å². The van der Waals surface area contributed by atoms with Gasteiger partial charge in [-0.15, -0.1) is 0 Å². The molecule has 6 heteroatoms. The van der Waals surface area contributed by atoms with Gasteiger partial charge in [0.25, 0.3) is 0 Å². The maximum absolute atomic E-state index is 12.9. The first-order valence-corrected chi connectivity index (χ1v) is 34.9. The minimum absolute atomic E-state index is 0.0832. The molecule has 0 rings (SSSR count). The molecule has 82 heavy (non-hydrogen) atoms. The lowest BCUT2D eigenvalue weighted by Crippen LogP contribution is -2.30. The van der Waals surface area contributed by atoms with Crippen LogP contribution in [0.1, 0.15) is 335 Å². The number of allylic oxidation sites excluding steroid dienone is 18. The number of carbonyl (C=O) groups excluding carboxylic acids is 3. The van der Waals surface area contributed by atoms with E-state index in [0.717, 1.165) is 128 Å². The van der Waals surface area contributed by atoms with Crippen LogP contribution in [-0.4, -0.2) is 37.2 Å². The summed E-state index contributed by atoms with van der Waals surface area (Å²) in [4.78, 5) is 38.3. The second-order valence-corrected chi connectivity index (χ2v) is 23.1. The minimum atomic E-state index is -0.788. The molecule has 0 aromatic carbocycles. The van der Waals surface area contributed by atoms with Gasteiger partial charge in [0.05, 0.1) is 0 Å². The molecule has 0 saturated carbocycles. The van der Waals surface area contributed by atoms with E-state index in [1.807, 2.05) is 0 Å². The van der Waals surface area contributed by atoms with Crippen LogP contribution in [0, 0.1) is 0 Å². The molecule has 0 saturated heterocycles. The van der Waals surface area contributed by atoms with Gasteiger partial charge in [-0.3, -0.25) is 14.4 Å². The predicted molar refractivity (Wildman–Crippen MR) is 357 cm³/mol. The first kappa shape index (κ1) is 78.1. The van der Waals surface area contributed by atoms with Crippen LogP contribution in [0.3, 0.4) is 0 Å². The van der Waals surface area contributed by atoms with Crippen LogP contribution in [0.25, 0.3) is 0 Å². The van der Waals surface area contributed by atoms with Crippen molar-refractivity contribution in [3.63, 3.8) is 0 Å². The van der Waals surface area contributed by atoms with E-state index in [1.54, 1.807) is 0 Å².